The molecule has 0 aliphatic heterocycles. The van der Waals surface area contributed by atoms with Gasteiger partial charge in [0.25, 0.3) is 0 Å². The third-order valence-corrected chi connectivity index (χ3v) is 4.12. The summed E-state index contributed by atoms with van der Waals surface area (Å²) in [5.74, 6) is 0. The molecule has 0 saturated heterocycles. The van der Waals surface area contributed by atoms with Crippen LogP contribution in [0.25, 0.3) is 5.65 Å². The third kappa shape index (κ3) is 2.71. The van der Waals surface area contributed by atoms with E-state index in [9.17, 15) is 0 Å². The van der Waals surface area contributed by atoms with Gasteiger partial charge in [0.15, 0.2) is 5.65 Å². The average molecular weight is 349 g/mol. The second-order valence-corrected chi connectivity index (χ2v) is 5.88. The minimum absolute atomic E-state index is 0.741. The summed E-state index contributed by atoms with van der Waals surface area (Å²) in [6.07, 6.45) is 5.56. The highest BCUT2D eigenvalue weighted by Crippen LogP contribution is 2.13. The van der Waals surface area contributed by atoms with Gasteiger partial charge < -0.3 is 5.32 Å². The fourth-order valence-electron chi connectivity index (χ4n) is 2.44. The van der Waals surface area contributed by atoms with E-state index in [1.807, 2.05) is 35.4 Å². The molecule has 3 heterocycles. The van der Waals surface area contributed by atoms with Gasteiger partial charge in [-0.1, -0.05) is 0 Å². The maximum atomic E-state index is 4.43. The van der Waals surface area contributed by atoms with Crippen LogP contribution in [-0.2, 0) is 20.1 Å². The Labute approximate surface area is 131 Å². The monoisotopic (exact) mass is 348 g/mol. The predicted octanol–water partition coefficient (Wildman–Crippen LogP) is 2.13. The van der Waals surface area contributed by atoms with Crippen LogP contribution in [0.1, 0.15) is 22.6 Å². The number of hydrogen-bond acceptors (Lipinski definition) is 4. The van der Waals surface area contributed by atoms with E-state index >= 15 is 0 Å². The van der Waals surface area contributed by atoms with E-state index in [0.29, 0.717) is 0 Å². The molecule has 0 atom stereocenters. The molecule has 21 heavy (non-hydrogen) atoms. The van der Waals surface area contributed by atoms with Gasteiger partial charge in [0.05, 0.1) is 23.8 Å². The van der Waals surface area contributed by atoms with E-state index in [1.165, 1.54) is 11.3 Å². The highest BCUT2D eigenvalue weighted by atomic mass is 79.9. The standard InChI is InChI=1S/C14H17BrN6/c1-9-12(10(2)20(3)19-9)6-16-4-11-5-18-14-7-17-13(15)8-21(11)14/h5,7-8,16H,4,6H2,1-3H3. The number of imidazole rings is 1. The summed E-state index contributed by atoms with van der Waals surface area (Å²) < 4.78 is 4.75. The van der Waals surface area contributed by atoms with Crippen molar-refractivity contribution in [2.45, 2.75) is 26.9 Å². The van der Waals surface area contributed by atoms with Crippen molar-refractivity contribution in [2.75, 3.05) is 0 Å². The number of nitrogens with one attached hydrogen (secondary N) is 1. The van der Waals surface area contributed by atoms with Crippen molar-refractivity contribution < 1.29 is 0 Å². The first-order valence-electron chi connectivity index (χ1n) is 6.73. The predicted molar refractivity (Wildman–Crippen MR) is 83.9 cm³/mol. The SMILES string of the molecule is Cc1nn(C)c(C)c1CNCc1cnc2cnc(Br)cn12. The largest absolute Gasteiger partial charge is 0.307 e. The summed E-state index contributed by atoms with van der Waals surface area (Å²) in [5, 5.41) is 7.89. The Morgan fingerprint density at radius 3 is 2.71 bits per heavy atom. The van der Waals surface area contributed by atoms with Gasteiger partial charge in [0, 0.05) is 37.6 Å². The Balaban J connectivity index is 1.73. The van der Waals surface area contributed by atoms with Crippen LogP contribution >= 0.6 is 15.9 Å². The topological polar surface area (TPSA) is 60.0 Å². The Kier molecular flexibility index (Phi) is 3.77. The summed E-state index contributed by atoms with van der Waals surface area (Å²) in [7, 11) is 1.97. The van der Waals surface area contributed by atoms with Gasteiger partial charge in [0.1, 0.15) is 4.60 Å². The zero-order valence-corrected chi connectivity index (χ0v) is 13.8. The van der Waals surface area contributed by atoms with Crippen molar-refractivity contribution in [3.63, 3.8) is 0 Å². The smallest absolute Gasteiger partial charge is 0.155 e. The van der Waals surface area contributed by atoms with Gasteiger partial charge in [-0.05, 0) is 29.8 Å². The van der Waals surface area contributed by atoms with Gasteiger partial charge >= 0.3 is 0 Å². The van der Waals surface area contributed by atoms with E-state index in [2.05, 4.69) is 43.2 Å². The molecular formula is C14H17BrN6. The number of fused-ring (bicyclic) bond motifs is 1. The van der Waals surface area contributed by atoms with E-state index in [-0.39, 0.29) is 0 Å². The lowest BCUT2D eigenvalue weighted by atomic mass is 10.2. The Hall–Kier alpha value is -1.73. The molecule has 0 unspecified atom stereocenters. The van der Waals surface area contributed by atoms with E-state index in [1.54, 1.807) is 6.20 Å². The van der Waals surface area contributed by atoms with Crippen LogP contribution < -0.4 is 5.32 Å². The van der Waals surface area contributed by atoms with Crippen LogP contribution in [0.4, 0.5) is 0 Å². The molecule has 0 amide bonds. The van der Waals surface area contributed by atoms with Crippen molar-refractivity contribution in [1.82, 2.24) is 29.5 Å². The highest BCUT2D eigenvalue weighted by molar-refractivity contribution is 9.10. The lowest BCUT2D eigenvalue weighted by Gasteiger charge is -2.06. The minimum Gasteiger partial charge on any atom is -0.307 e. The molecule has 0 saturated carbocycles. The molecular weight excluding hydrogens is 332 g/mol. The van der Waals surface area contributed by atoms with E-state index in [4.69, 9.17) is 0 Å². The summed E-state index contributed by atoms with van der Waals surface area (Å²) in [4.78, 5) is 8.52. The summed E-state index contributed by atoms with van der Waals surface area (Å²) in [5.41, 5.74) is 5.49. The molecule has 1 N–H and O–H groups in total. The first-order valence-corrected chi connectivity index (χ1v) is 7.53. The molecule has 0 bridgehead atoms. The van der Waals surface area contributed by atoms with Crippen molar-refractivity contribution in [3.05, 3.63) is 45.8 Å². The summed E-state index contributed by atoms with van der Waals surface area (Å²) in [6, 6.07) is 0. The summed E-state index contributed by atoms with van der Waals surface area (Å²) >= 11 is 3.39. The maximum Gasteiger partial charge on any atom is 0.155 e. The molecule has 110 valence electrons. The third-order valence-electron chi connectivity index (χ3n) is 3.71. The van der Waals surface area contributed by atoms with E-state index in [0.717, 1.165) is 34.7 Å². The fourth-order valence-corrected chi connectivity index (χ4v) is 2.74. The normalized spacial score (nSPS) is 11.4. The fraction of sp³-hybridized carbons (Fsp3) is 0.357. The lowest BCUT2D eigenvalue weighted by Crippen LogP contribution is -2.15. The number of halogens is 1. The molecule has 6 nitrogen and oxygen atoms in total. The van der Waals surface area contributed by atoms with Crippen molar-refractivity contribution in [1.29, 1.82) is 0 Å². The molecule has 3 aromatic heterocycles. The van der Waals surface area contributed by atoms with Crippen LogP contribution in [0.3, 0.4) is 0 Å². The second-order valence-electron chi connectivity index (χ2n) is 5.06. The molecule has 7 heteroatoms. The Bertz CT molecular complexity index is 788. The molecule has 0 aliphatic carbocycles. The molecule has 0 radical (unpaired) electrons. The zero-order chi connectivity index (χ0) is 15.0. The first-order chi connectivity index (χ1) is 10.1. The molecule has 0 aromatic carbocycles. The average Bonchev–Trinajstić information content (AvgIpc) is 2.94. The molecule has 3 rings (SSSR count). The van der Waals surface area contributed by atoms with Gasteiger partial charge in [-0.15, -0.1) is 0 Å². The van der Waals surface area contributed by atoms with Crippen molar-refractivity contribution in [2.24, 2.45) is 7.05 Å². The Morgan fingerprint density at radius 2 is 2.00 bits per heavy atom. The number of aryl methyl sites for hydroxylation is 2. The van der Waals surface area contributed by atoms with Crippen LogP contribution in [0, 0.1) is 13.8 Å². The number of aromatic nitrogens is 5. The lowest BCUT2D eigenvalue weighted by molar-refractivity contribution is 0.668. The van der Waals surface area contributed by atoms with E-state index < -0.39 is 0 Å². The summed E-state index contributed by atoms with van der Waals surface area (Å²) in [6.45, 7) is 5.67. The highest BCUT2D eigenvalue weighted by Gasteiger charge is 2.09. The van der Waals surface area contributed by atoms with Crippen molar-refractivity contribution in [3.8, 4) is 0 Å². The minimum atomic E-state index is 0.741. The first kappa shape index (κ1) is 14.2. The quantitative estimate of drug-likeness (QED) is 0.784. The molecule has 0 spiro atoms. The zero-order valence-electron chi connectivity index (χ0n) is 12.3. The number of nitrogens with zero attached hydrogens (tertiary/aromatic N) is 5. The van der Waals surface area contributed by atoms with Gasteiger partial charge in [-0.25, -0.2) is 9.97 Å². The van der Waals surface area contributed by atoms with Crippen LogP contribution in [-0.4, -0.2) is 24.1 Å². The van der Waals surface area contributed by atoms with Crippen LogP contribution in [0.15, 0.2) is 23.2 Å². The molecule has 3 aromatic rings. The maximum absolute atomic E-state index is 4.43. The second kappa shape index (κ2) is 5.57. The Morgan fingerprint density at radius 1 is 1.19 bits per heavy atom. The number of rotatable bonds is 4. The molecule has 0 fully saturated rings. The van der Waals surface area contributed by atoms with Gasteiger partial charge in [-0.3, -0.25) is 9.08 Å². The molecule has 0 aliphatic rings. The van der Waals surface area contributed by atoms with Crippen LogP contribution in [0.5, 0.6) is 0 Å². The van der Waals surface area contributed by atoms with Gasteiger partial charge in [0.2, 0.25) is 0 Å². The van der Waals surface area contributed by atoms with Gasteiger partial charge in [-0.2, -0.15) is 5.10 Å². The number of hydrogen-bond donors (Lipinski definition) is 1. The van der Waals surface area contributed by atoms with Crippen molar-refractivity contribution >= 4 is 21.6 Å². The van der Waals surface area contributed by atoms with Crippen LogP contribution in [0.2, 0.25) is 0 Å².